The zero-order valence-electron chi connectivity index (χ0n) is 14.8. The van der Waals surface area contributed by atoms with Gasteiger partial charge in [-0.05, 0) is 44.9 Å². The van der Waals surface area contributed by atoms with Crippen LogP contribution in [0.3, 0.4) is 0 Å². The van der Waals surface area contributed by atoms with Gasteiger partial charge in [0.1, 0.15) is 0 Å². The molecule has 23 heavy (non-hydrogen) atoms. The largest absolute Gasteiger partial charge is 0.493 e. The van der Waals surface area contributed by atoms with Crippen LogP contribution in [0.15, 0.2) is 23.2 Å². The fourth-order valence-electron chi connectivity index (χ4n) is 1.91. The molecule has 0 radical (unpaired) electrons. The van der Waals surface area contributed by atoms with Crippen molar-refractivity contribution in [1.82, 2.24) is 10.6 Å². The Kier molecular flexibility index (Phi) is 11.6. The van der Waals surface area contributed by atoms with E-state index in [2.05, 4.69) is 36.4 Å². The van der Waals surface area contributed by atoms with Crippen LogP contribution in [0.4, 0.5) is 0 Å². The van der Waals surface area contributed by atoms with Gasteiger partial charge in [-0.25, -0.2) is 4.99 Å². The molecule has 0 spiro atoms. The molecule has 0 aliphatic carbocycles. The van der Waals surface area contributed by atoms with E-state index in [1.807, 2.05) is 25.1 Å². The number of rotatable bonds is 8. The van der Waals surface area contributed by atoms with Gasteiger partial charge in [0.05, 0.1) is 20.3 Å². The molecule has 0 heterocycles. The van der Waals surface area contributed by atoms with Crippen LogP contribution in [0.25, 0.3) is 0 Å². The maximum atomic E-state index is 5.60. The SMILES string of the molecule is CCNC(=NCc1ccc(OC)c(OCC)c1)NC(C)CC.I. The topological polar surface area (TPSA) is 54.9 Å². The van der Waals surface area contributed by atoms with E-state index in [0.29, 0.717) is 19.2 Å². The summed E-state index contributed by atoms with van der Waals surface area (Å²) in [4.78, 5) is 4.63. The average molecular weight is 435 g/mol. The first kappa shape index (κ1) is 21.8. The van der Waals surface area contributed by atoms with Crippen molar-refractivity contribution in [1.29, 1.82) is 0 Å². The number of halogens is 1. The summed E-state index contributed by atoms with van der Waals surface area (Å²) >= 11 is 0. The molecule has 0 aromatic heterocycles. The number of ether oxygens (including phenoxy) is 2. The lowest BCUT2D eigenvalue weighted by molar-refractivity contribution is 0.310. The summed E-state index contributed by atoms with van der Waals surface area (Å²) in [7, 11) is 1.65. The normalized spacial score (nSPS) is 12.1. The Morgan fingerprint density at radius 3 is 2.52 bits per heavy atom. The number of benzene rings is 1. The lowest BCUT2D eigenvalue weighted by atomic mass is 10.2. The molecule has 0 aliphatic rings. The van der Waals surface area contributed by atoms with Crippen LogP contribution in [0.1, 0.15) is 39.7 Å². The molecular weight excluding hydrogens is 405 g/mol. The number of hydrogen-bond acceptors (Lipinski definition) is 3. The van der Waals surface area contributed by atoms with E-state index in [-0.39, 0.29) is 24.0 Å². The van der Waals surface area contributed by atoms with Crippen molar-refractivity contribution in [3.8, 4) is 11.5 Å². The van der Waals surface area contributed by atoms with Gasteiger partial charge in [0, 0.05) is 12.6 Å². The predicted octanol–water partition coefficient (Wildman–Crippen LogP) is 3.57. The molecule has 2 N–H and O–H groups in total. The van der Waals surface area contributed by atoms with E-state index in [1.165, 1.54) is 0 Å². The van der Waals surface area contributed by atoms with Crippen LogP contribution in [-0.4, -0.2) is 32.3 Å². The Labute approximate surface area is 157 Å². The fraction of sp³-hybridized carbons (Fsp3) is 0.588. The minimum atomic E-state index is 0. The Hall–Kier alpha value is -1.18. The molecular formula is C17H30IN3O2. The van der Waals surface area contributed by atoms with Gasteiger partial charge in [-0.1, -0.05) is 13.0 Å². The number of aliphatic imine (C=N–C) groups is 1. The molecule has 0 aliphatic heterocycles. The lowest BCUT2D eigenvalue weighted by Crippen LogP contribution is -2.41. The fourth-order valence-corrected chi connectivity index (χ4v) is 1.91. The van der Waals surface area contributed by atoms with Gasteiger partial charge in [-0.15, -0.1) is 24.0 Å². The molecule has 132 valence electrons. The Balaban J connectivity index is 0.00000484. The summed E-state index contributed by atoms with van der Waals surface area (Å²) in [5.41, 5.74) is 1.09. The van der Waals surface area contributed by atoms with E-state index >= 15 is 0 Å². The second-order valence-electron chi connectivity index (χ2n) is 5.07. The minimum Gasteiger partial charge on any atom is -0.493 e. The summed E-state index contributed by atoms with van der Waals surface area (Å²) in [5.74, 6) is 2.35. The van der Waals surface area contributed by atoms with Crippen molar-refractivity contribution in [2.24, 2.45) is 4.99 Å². The minimum absolute atomic E-state index is 0. The highest BCUT2D eigenvalue weighted by Gasteiger charge is 2.06. The van der Waals surface area contributed by atoms with E-state index < -0.39 is 0 Å². The van der Waals surface area contributed by atoms with E-state index in [0.717, 1.165) is 36.0 Å². The van der Waals surface area contributed by atoms with Gasteiger partial charge < -0.3 is 20.1 Å². The van der Waals surface area contributed by atoms with Gasteiger partial charge in [0.25, 0.3) is 0 Å². The summed E-state index contributed by atoms with van der Waals surface area (Å²) in [6.07, 6.45) is 1.06. The molecule has 1 unspecified atom stereocenters. The van der Waals surface area contributed by atoms with Crippen molar-refractivity contribution in [2.45, 2.75) is 46.7 Å². The van der Waals surface area contributed by atoms with Crippen LogP contribution in [0.5, 0.6) is 11.5 Å². The first-order valence-electron chi connectivity index (χ1n) is 7.99. The summed E-state index contributed by atoms with van der Waals surface area (Å²) in [6, 6.07) is 6.31. The highest BCUT2D eigenvalue weighted by molar-refractivity contribution is 14.0. The number of methoxy groups -OCH3 is 1. The highest BCUT2D eigenvalue weighted by Crippen LogP contribution is 2.28. The first-order chi connectivity index (χ1) is 10.6. The maximum Gasteiger partial charge on any atom is 0.191 e. The molecule has 0 saturated carbocycles. The van der Waals surface area contributed by atoms with Crippen molar-refractivity contribution >= 4 is 29.9 Å². The van der Waals surface area contributed by atoms with Crippen LogP contribution >= 0.6 is 24.0 Å². The molecule has 1 atom stereocenters. The lowest BCUT2D eigenvalue weighted by Gasteiger charge is -2.16. The Bertz CT molecular complexity index is 481. The van der Waals surface area contributed by atoms with Crippen molar-refractivity contribution in [2.75, 3.05) is 20.3 Å². The maximum absolute atomic E-state index is 5.60. The standard InChI is InChI=1S/C17H29N3O2.HI/c1-6-13(4)20-17(18-7-2)19-12-14-9-10-15(21-5)16(11-14)22-8-3;/h9-11,13H,6-8,12H2,1-5H3,(H2,18,19,20);1H. The van der Waals surface area contributed by atoms with Crippen LogP contribution in [-0.2, 0) is 6.54 Å². The van der Waals surface area contributed by atoms with Crippen molar-refractivity contribution < 1.29 is 9.47 Å². The van der Waals surface area contributed by atoms with Gasteiger partial charge in [-0.2, -0.15) is 0 Å². The molecule has 6 heteroatoms. The molecule has 1 aromatic rings. The van der Waals surface area contributed by atoms with Crippen LogP contribution < -0.4 is 20.1 Å². The van der Waals surface area contributed by atoms with Gasteiger partial charge in [-0.3, -0.25) is 0 Å². The zero-order chi connectivity index (χ0) is 16.4. The molecule has 0 saturated heterocycles. The highest BCUT2D eigenvalue weighted by atomic mass is 127. The number of hydrogen-bond donors (Lipinski definition) is 2. The van der Waals surface area contributed by atoms with Crippen LogP contribution in [0.2, 0.25) is 0 Å². The van der Waals surface area contributed by atoms with E-state index in [1.54, 1.807) is 7.11 Å². The van der Waals surface area contributed by atoms with E-state index in [4.69, 9.17) is 9.47 Å². The molecule has 0 bridgehead atoms. The molecule has 0 fully saturated rings. The molecule has 5 nitrogen and oxygen atoms in total. The van der Waals surface area contributed by atoms with Crippen molar-refractivity contribution in [3.63, 3.8) is 0 Å². The summed E-state index contributed by atoms with van der Waals surface area (Å²) < 4.78 is 10.9. The molecule has 1 rings (SSSR count). The second-order valence-corrected chi connectivity index (χ2v) is 5.07. The third kappa shape index (κ3) is 7.76. The number of nitrogens with zero attached hydrogens (tertiary/aromatic N) is 1. The van der Waals surface area contributed by atoms with Crippen molar-refractivity contribution in [3.05, 3.63) is 23.8 Å². The third-order valence-electron chi connectivity index (χ3n) is 3.29. The van der Waals surface area contributed by atoms with Gasteiger partial charge >= 0.3 is 0 Å². The first-order valence-corrected chi connectivity index (χ1v) is 7.99. The predicted molar refractivity (Wildman–Crippen MR) is 107 cm³/mol. The van der Waals surface area contributed by atoms with E-state index in [9.17, 15) is 0 Å². The number of guanidine groups is 1. The Morgan fingerprint density at radius 1 is 1.22 bits per heavy atom. The number of nitrogens with one attached hydrogen (secondary N) is 2. The smallest absolute Gasteiger partial charge is 0.191 e. The van der Waals surface area contributed by atoms with Gasteiger partial charge in [0.2, 0.25) is 0 Å². The summed E-state index contributed by atoms with van der Waals surface area (Å²) in [6.45, 7) is 10.4. The zero-order valence-corrected chi connectivity index (χ0v) is 17.1. The quantitative estimate of drug-likeness (QED) is 0.373. The van der Waals surface area contributed by atoms with Gasteiger partial charge in [0.15, 0.2) is 17.5 Å². The molecule has 1 aromatic carbocycles. The van der Waals surface area contributed by atoms with Crippen LogP contribution in [0, 0.1) is 0 Å². The average Bonchev–Trinajstić information content (AvgIpc) is 2.53. The third-order valence-corrected chi connectivity index (χ3v) is 3.29. The Morgan fingerprint density at radius 2 is 1.96 bits per heavy atom. The summed E-state index contributed by atoms with van der Waals surface area (Å²) in [5, 5.41) is 6.65. The molecule has 0 amide bonds. The second kappa shape index (κ2) is 12.3. The monoisotopic (exact) mass is 435 g/mol.